The van der Waals surface area contributed by atoms with Crippen molar-refractivity contribution in [3.63, 3.8) is 0 Å². The third-order valence-electron chi connectivity index (χ3n) is 2.80. The van der Waals surface area contributed by atoms with Crippen LogP contribution in [0, 0.1) is 0 Å². The highest BCUT2D eigenvalue weighted by Gasteiger charge is 2.17. The Morgan fingerprint density at radius 3 is 1.95 bits per heavy atom. The molecule has 100 valence electrons. The second kappa shape index (κ2) is 5.86. The second-order valence-electron chi connectivity index (χ2n) is 4.19. The van der Waals surface area contributed by atoms with Crippen molar-refractivity contribution in [2.75, 3.05) is 10.8 Å². The Morgan fingerprint density at radius 2 is 1.42 bits per heavy atom. The molecule has 0 aromatic heterocycles. The van der Waals surface area contributed by atoms with Gasteiger partial charge in [-0.05, 0) is 24.1 Å². The number of nitrogens with zero attached hydrogens (tertiary/aromatic N) is 1. The Kier molecular flexibility index (Phi) is 4.19. The van der Waals surface area contributed by atoms with E-state index in [1.807, 2.05) is 36.4 Å². The van der Waals surface area contributed by atoms with Gasteiger partial charge in [0, 0.05) is 6.54 Å². The van der Waals surface area contributed by atoms with E-state index in [1.54, 1.807) is 24.3 Å². The number of anilines is 1. The van der Waals surface area contributed by atoms with Crippen LogP contribution in [0.4, 0.5) is 5.69 Å². The molecule has 0 unspecified atom stereocenters. The molecule has 19 heavy (non-hydrogen) atoms. The zero-order valence-corrected chi connectivity index (χ0v) is 11.3. The fourth-order valence-corrected chi connectivity index (χ4v) is 2.63. The molecule has 2 rings (SSSR count). The largest absolute Gasteiger partial charge is 0.299 e. The normalized spacial score (nSPS) is 11.2. The van der Waals surface area contributed by atoms with Crippen LogP contribution in [-0.2, 0) is 16.6 Å². The predicted molar refractivity (Wildman–Crippen MR) is 77.0 cm³/mol. The molecule has 2 aromatic carbocycles. The quantitative estimate of drug-likeness (QED) is 0.907. The van der Waals surface area contributed by atoms with Crippen molar-refractivity contribution in [1.82, 2.24) is 0 Å². The van der Waals surface area contributed by atoms with Gasteiger partial charge in [-0.2, -0.15) is 8.42 Å². The molecule has 0 bridgehead atoms. The zero-order valence-electron chi connectivity index (χ0n) is 10.4. The Labute approximate surface area is 113 Å². The highest BCUT2D eigenvalue weighted by Crippen LogP contribution is 2.16. The van der Waals surface area contributed by atoms with Crippen LogP contribution in [0.15, 0.2) is 60.7 Å². The Bertz CT molecular complexity index is 612. The molecule has 2 aromatic rings. The Balaban J connectivity index is 2.17. The summed E-state index contributed by atoms with van der Waals surface area (Å²) in [4.78, 5) is 0. The molecule has 4 nitrogen and oxygen atoms in total. The van der Waals surface area contributed by atoms with E-state index in [2.05, 4.69) is 0 Å². The molecule has 0 aliphatic carbocycles. The molecule has 0 heterocycles. The zero-order chi connectivity index (χ0) is 13.7. The lowest BCUT2D eigenvalue weighted by molar-refractivity contribution is 0.592. The van der Waals surface area contributed by atoms with Crippen LogP contribution in [0.3, 0.4) is 0 Å². The number of para-hydroxylation sites is 1. The van der Waals surface area contributed by atoms with Crippen LogP contribution >= 0.6 is 0 Å². The first kappa shape index (κ1) is 13.6. The topological polar surface area (TPSA) is 63.4 Å². The van der Waals surface area contributed by atoms with Crippen molar-refractivity contribution in [2.24, 2.45) is 5.14 Å². The third-order valence-corrected chi connectivity index (χ3v) is 3.81. The van der Waals surface area contributed by atoms with Crippen LogP contribution in [0.1, 0.15) is 5.56 Å². The maximum atomic E-state index is 11.7. The number of hydrogen-bond acceptors (Lipinski definition) is 2. The monoisotopic (exact) mass is 276 g/mol. The highest BCUT2D eigenvalue weighted by molar-refractivity contribution is 7.90. The summed E-state index contributed by atoms with van der Waals surface area (Å²) in [6.07, 6.45) is 0.617. The number of nitrogens with two attached hydrogens (primary N) is 1. The SMILES string of the molecule is NS(=O)(=O)N(CCc1ccccc1)c1ccccc1. The van der Waals surface area contributed by atoms with Gasteiger partial charge in [-0.15, -0.1) is 0 Å². The second-order valence-corrected chi connectivity index (χ2v) is 5.66. The maximum Gasteiger partial charge on any atom is 0.299 e. The number of rotatable bonds is 5. The Morgan fingerprint density at radius 1 is 0.895 bits per heavy atom. The summed E-state index contributed by atoms with van der Waals surface area (Å²) in [5.74, 6) is 0. The molecular weight excluding hydrogens is 260 g/mol. The van der Waals surface area contributed by atoms with Crippen LogP contribution in [0.2, 0.25) is 0 Å². The van der Waals surface area contributed by atoms with Gasteiger partial charge in [0.25, 0.3) is 10.2 Å². The van der Waals surface area contributed by atoms with Crippen molar-refractivity contribution >= 4 is 15.9 Å². The molecule has 5 heteroatoms. The molecule has 0 saturated heterocycles. The fraction of sp³-hybridized carbons (Fsp3) is 0.143. The van der Waals surface area contributed by atoms with Gasteiger partial charge in [0.2, 0.25) is 0 Å². The average Bonchev–Trinajstić information content (AvgIpc) is 2.40. The van der Waals surface area contributed by atoms with Crippen molar-refractivity contribution < 1.29 is 8.42 Å². The average molecular weight is 276 g/mol. The van der Waals surface area contributed by atoms with E-state index in [0.29, 0.717) is 18.7 Å². The van der Waals surface area contributed by atoms with E-state index in [-0.39, 0.29) is 0 Å². The Hall–Kier alpha value is -1.85. The van der Waals surface area contributed by atoms with Gasteiger partial charge < -0.3 is 0 Å². The van der Waals surface area contributed by atoms with Crippen molar-refractivity contribution in [3.8, 4) is 0 Å². The summed E-state index contributed by atoms with van der Waals surface area (Å²) >= 11 is 0. The molecule has 2 N–H and O–H groups in total. The van der Waals surface area contributed by atoms with E-state index >= 15 is 0 Å². The summed E-state index contributed by atoms with van der Waals surface area (Å²) in [5.41, 5.74) is 1.66. The molecule has 0 amide bonds. The van der Waals surface area contributed by atoms with Gasteiger partial charge in [-0.1, -0.05) is 48.5 Å². The van der Waals surface area contributed by atoms with E-state index in [1.165, 1.54) is 4.31 Å². The molecule has 0 aliphatic rings. The maximum absolute atomic E-state index is 11.7. The molecule has 0 radical (unpaired) electrons. The minimum atomic E-state index is -3.75. The van der Waals surface area contributed by atoms with E-state index in [0.717, 1.165) is 5.56 Å². The minimum Gasteiger partial charge on any atom is -0.258 e. The lowest BCUT2D eigenvalue weighted by Gasteiger charge is -2.21. The van der Waals surface area contributed by atoms with E-state index < -0.39 is 10.2 Å². The lowest BCUT2D eigenvalue weighted by Crippen LogP contribution is -2.38. The molecule has 0 atom stereocenters. The fourth-order valence-electron chi connectivity index (χ4n) is 1.87. The molecule has 0 spiro atoms. The summed E-state index contributed by atoms with van der Waals surface area (Å²) in [5, 5.41) is 5.27. The highest BCUT2D eigenvalue weighted by atomic mass is 32.2. The first-order chi connectivity index (χ1) is 9.07. The van der Waals surface area contributed by atoms with Crippen molar-refractivity contribution in [3.05, 3.63) is 66.2 Å². The van der Waals surface area contributed by atoms with Crippen LogP contribution < -0.4 is 9.44 Å². The minimum absolute atomic E-state index is 0.326. The van der Waals surface area contributed by atoms with Crippen molar-refractivity contribution in [2.45, 2.75) is 6.42 Å². The van der Waals surface area contributed by atoms with Crippen molar-refractivity contribution in [1.29, 1.82) is 0 Å². The standard InChI is InChI=1S/C14H16N2O2S/c15-19(17,18)16(14-9-5-2-6-10-14)12-11-13-7-3-1-4-8-13/h1-10H,11-12H2,(H2,15,17,18). The summed E-state index contributed by atoms with van der Waals surface area (Å²) in [6, 6.07) is 18.6. The lowest BCUT2D eigenvalue weighted by atomic mass is 10.1. The van der Waals surface area contributed by atoms with Gasteiger partial charge in [-0.3, -0.25) is 4.31 Å². The number of benzene rings is 2. The van der Waals surface area contributed by atoms with Gasteiger partial charge in [0.1, 0.15) is 0 Å². The van der Waals surface area contributed by atoms with Gasteiger partial charge in [-0.25, -0.2) is 5.14 Å². The van der Waals surface area contributed by atoms with Crippen LogP contribution in [0.25, 0.3) is 0 Å². The van der Waals surface area contributed by atoms with Gasteiger partial charge >= 0.3 is 0 Å². The molecule has 0 saturated carbocycles. The predicted octanol–water partition coefficient (Wildman–Crippen LogP) is 1.94. The van der Waals surface area contributed by atoms with E-state index in [9.17, 15) is 8.42 Å². The van der Waals surface area contributed by atoms with Crippen LogP contribution in [0.5, 0.6) is 0 Å². The smallest absolute Gasteiger partial charge is 0.258 e. The van der Waals surface area contributed by atoms with Crippen LogP contribution in [-0.4, -0.2) is 15.0 Å². The molecular formula is C14H16N2O2S. The summed E-state index contributed by atoms with van der Waals surface area (Å²) in [7, 11) is -3.75. The van der Waals surface area contributed by atoms with Gasteiger partial charge in [0.05, 0.1) is 5.69 Å². The number of hydrogen-bond donors (Lipinski definition) is 1. The summed E-state index contributed by atoms with van der Waals surface area (Å²) < 4.78 is 24.5. The third kappa shape index (κ3) is 3.81. The van der Waals surface area contributed by atoms with E-state index in [4.69, 9.17) is 5.14 Å². The van der Waals surface area contributed by atoms with Gasteiger partial charge in [0.15, 0.2) is 0 Å². The molecule has 0 fully saturated rings. The first-order valence-corrected chi connectivity index (χ1v) is 7.47. The first-order valence-electron chi connectivity index (χ1n) is 5.97. The summed E-state index contributed by atoms with van der Waals surface area (Å²) in [6.45, 7) is 0.326. The molecule has 0 aliphatic heterocycles.